The van der Waals surface area contributed by atoms with Gasteiger partial charge in [-0.05, 0) is 43.1 Å². The third kappa shape index (κ3) is 3.62. The lowest BCUT2D eigenvalue weighted by Crippen LogP contribution is -2.10. The van der Waals surface area contributed by atoms with Gasteiger partial charge in [0.25, 0.3) is 0 Å². The fraction of sp³-hybridized carbons (Fsp3) is 0.429. The van der Waals surface area contributed by atoms with Crippen LogP contribution in [0.2, 0.25) is 0 Å². The van der Waals surface area contributed by atoms with E-state index in [1.54, 1.807) is 7.11 Å². The molecule has 0 unspecified atom stereocenters. The first kappa shape index (κ1) is 15.8. The van der Waals surface area contributed by atoms with E-state index in [1.807, 2.05) is 24.4 Å². The minimum Gasteiger partial charge on any atom is -0.497 e. The van der Waals surface area contributed by atoms with Crippen LogP contribution in [0.3, 0.4) is 0 Å². The van der Waals surface area contributed by atoms with E-state index in [4.69, 9.17) is 16.2 Å². The molecule has 0 amide bonds. The Labute approximate surface area is 119 Å². The van der Waals surface area contributed by atoms with Gasteiger partial charge in [-0.3, -0.25) is 0 Å². The predicted octanol–water partition coefficient (Wildman–Crippen LogP) is 2.73. The van der Waals surface area contributed by atoms with Crippen LogP contribution in [0.25, 0.3) is 10.9 Å². The number of H-pyrrole nitrogens is 1. The van der Waals surface area contributed by atoms with Crippen molar-refractivity contribution in [2.24, 2.45) is 11.5 Å². The first-order valence-electron chi connectivity index (χ1n) is 6.37. The molecule has 0 aliphatic heterocycles. The maximum atomic E-state index is 6.24. The first-order valence-corrected chi connectivity index (χ1v) is 6.37. The van der Waals surface area contributed by atoms with Crippen molar-refractivity contribution in [2.75, 3.05) is 13.7 Å². The summed E-state index contributed by atoms with van der Waals surface area (Å²) in [4.78, 5) is 3.25. The van der Waals surface area contributed by atoms with Crippen LogP contribution in [-0.2, 0) is 0 Å². The van der Waals surface area contributed by atoms with Gasteiger partial charge in [0.05, 0.1) is 7.11 Å². The van der Waals surface area contributed by atoms with Gasteiger partial charge < -0.3 is 21.2 Å². The Morgan fingerprint density at radius 2 is 2.11 bits per heavy atom. The fourth-order valence-corrected chi connectivity index (χ4v) is 2.22. The highest BCUT2D eigenvalue weighted by atomic mass is 35.5. The molecule has 0 aliphatic carbocycles. The molecule has 5 heteroatoms. The Morgan fingerprint density at radius 3 is 2.79 bits per heavy atom. The maximum Gasteiger partial charge on any atom is 0.119 e. The number of nitrogens with one attached hydrogen (secondary N) is 1. The number of hydrogen-bond acceptors (Lipinski definition) is 3. The number of benzene rings is 1. The zero-order chi connectivity index (χ0) is 13.0. The lowest BCUT2D eigenvalue weighted by Gasteiger charge is -2.10. The number of methoxy groups -OCH3 is 1. The van der Waals surface area contributed by atoms with Crippen molar-refractivity contribution in [1.29, 1.82) is 0 Å². The molecule has 0 spiro atoms. The van der Waals surface area contributed by atoms with E-state index >= 15 is 0 Å². The van der Waals surface area contributed by atoms with E-state index in [0.29, 0.717) is 0 Å². The quantitative estimate of drug-likeness (QED) is 0.714. The van der Waals surface area contributed by atoms with Crippen LogP contribution < -0.4 is 16.2 Å². The zero-order valence-electron chi connectivity index (χ0n) is 11.2. The topological polar surface area (TPSA) is 77.1 Å². The van der Waals surface area contributed by atoms with Crippen molar-refractivity contribution in [3.63, 3.8) is 0 Å². The number of aromatic nitrogens is 1. The summed E-state index contributed by atoms with van der Waals surface area (Å²) in [5, 5.41) is 1.15. The molecular formula is C14H22ClN3O. The summed E-state index contributed by atoms with van der Waals surface area (Å²) < 4.78 is 5.25. The lowest BCUT2D eigenvalue weighted by atomic mass is 10.0. The first-order chi connectivity index (χ1) is 8.76. The number of nitrogens with two attached hydrogens (primary N) is 2. The molecule has 1 heterocycles. The second-order valence-corrected chi connectivity index (χ2v) is 4.55. The zero-order valence-corrected chi connectivity index (χ0v) is 12.0. The minimum absolute atomic E-state index is 0. The van der Waals surface area contributed by atoms with Gasteiger partial charge in [0.15, 0.2) is 0 Å². The number of rotatable bonds is 6. The Hall–Kier alpha value is -1.23. The summed E-state index contributed by atoms with van der Waals surface area (Å²) in [5.74, 6) is 0.859. The molecule has 0 saturated heterocycles. The molecule has 2 rings (SSSR count). The van der Waals surface area contributed by atoms with Crippen molar-refractivity contribution in [3.8, 4) is 5.75 Å². The predicted molar refractivity (Wildman–Crippen MR) is 81.9 cm³/mol. The average molecular weight is 284 g/mol. The van der Waals surface area contributed by atoms with Crippen LogP contribution >= 0.6 is 12.4 Å². The van der Waals surface area contributed by atoms with Gasteiger partial charge in [-0.1, -0.05) is 6.42 Å². The van der Waals surface area contributed by atoms with E-state index in [9.17, 15) is 0 Å². The molecule has 4 nitrogen and oxygen atoms in total. The van der Waals surface area contributed by atoms with Gasteiger partial charge in [-0.15, -0.1) is 12.4 Å². The van der Waals surface area contributed by atoms with Crippen molar-refractivity contribution < 1.29 is 4.74 Å². The Kier molecular flexibility index (Phi) is 6.15. The van der Waals surface area contributed by atoms with Gasteiger partial charge in [-0.2, -0.15) is 0 Å². The standard InChI is InChI=1S/C14H21N3O.ClH/c1-18-10-5-6-14-11(8-10)12(9-17-14)13(16)4-2-3-7-15;/h5-6,8-9,13,17H,2-4,7,15-16H2,1H3;1H/t13-;/m1./s1. The van der Waals surface area contributed by atoms with Crippen LogP contribution in [0.15, 0.2) is 24.4 Å². The monoisotopic (exact) mass is 283 g/mol. The van der Waals surface area contributed by atoms with Crippen LogP contribution in [0.4, 0.5) is 0 Å². The van der Waals surface area contributed by atoms with E-state index in [-0.39, 0.29) is 18.4 Å². The molecule has 1 aromatic heterocycles. The summed E-state index contributed by atoms with van der Waals surface area (Å²) in [7, 11) is 1.68. The average Bonchev–Trinajstić information content (AvgIpc) is 2.81. The molecule has 5 N–H and O–H groups in total. The molecule has 0 saturated carbocycles. The molecule has 1 aromatic carbocycles. The van der Waals surface area contributed by atoms with Gasteiger partial charge >= 0.3 is 0 Å². The largest absolute Gasteiger partial charge is 0.497 e. The van der Waals surface area contributed by atoms with Gasteiger partial charge in [0.2, 0.25) is 0 Å². The molecule has 0 fully saturated rings. The lowest BCUT2D eigenvalue weighted by molar-refractivity contribution is 0.415. The van der Waals surface area contributed by atoms with Crippen molar-refractivity contribution in [3.05, 3.63) is 30.0 Å². The highest BCUT2D eigenvalue weighted by molar-refractivity contribution is 5.85. The molecule has 1 atom stereocenters. The number of fused-ring (bicyclic) bond motifs is 1. The molecule has 106 valence electrons. The highest BCUT2D eigenvalue weighted by Gasteiger charge is 2.12. The second-order valence-electron chi connectivity index (χ2n) is 4.55. The van der Waals surface area contributed by atoms with Crippen LogP contribution in [0, 0.1) is 0 Å². The van der Waals surface area contributed by atoms with Crippen LogP contribution in [-0.4, -0.2) is 18.6 Å². The summed E-state index contributed by atoms with van der Waals surface area (Å²) in [6, 6.07) is 6.05. The van der Waals surface area contributed by atoms with Crippen molar-refractivity contribution >= 4 is 23.3 Å². The third-order valence-corrected chi connectivity index (χ3v) is 3.29. The van der Waals surface area contributed by atoms with E-state index in [0.717, 1.165) is 48.0 Å². The minimum atomic E-state index is 0. The Balaban J connectivity index is 0.00000180. The molecule has 0 radical (unpaired) electrons. The fourth-order valence-electron chi connectivity index (χ4n) is 2.22. The highest BCUT2D eigenvalue weighted by Crippen LogP contribution is 2.28. The van der Waals surface area contributed by atoms with E-state index < -0.39 is 0 Å². The summed E-state index contributed by atoms with van der Waals surface area (Å²) >= 11 is 0. The van der Waals surface area contributed by atoms with Gasteiger partial charge in [0.1, 0.15) is 5.75 Å². The van der Waals surface area contributed by atoms with E-state index in [1.165, 1.54) is 0 Å². The van der Waals surface area contributed by atoms with Crippen molar-refractivity contribution in [1.82, 2.24) is 4.98 Å². The number of unbranched alkanes of at least 4 members (excludes halogenated alkanes) is 1. The molecule has 19 heavy (non-hydrogen) atoms. The molecule has 2 aromatic rings. The van der Waals surface area contributed by atoms with Gasteiger partial charge in [-0.25, -0.2) is 0 Å². The number of aromatic amines is 1. The maximum absolute atomic E-state index is 6.24. The van der Waals surface area contributed by atoms with Gasteiger partial charge in [0, 0.05) is 23.1 Å². The summed E-state index contributed by atoms with van der Waals surface area (Å²) in [6.07, 6.45) is 5.05. The van der Waals surface area contributed by atoms with E-state index in [2.05, 4.69) is 4.98 Å². The molecular weight excluding hydrogens is 262 g/mol. The molecule has 0 aliphatic rings. The number of halogens is 1. The van der Waals surface area contributed by atoms with Crippen LogP contribution in [0.1, 0.15) is 30.9 Å². The summed E-state index contributed by atoms with van der Waals surface area (Å²) in [5.41, 5.74) is 14.0. The summed E-state index contributed by atoms with van der Waals surface area (Å²) in [6.45, 7) is 0.731. The van der Waals surface area contributed by atoms with Crippen molar-refractivity contribution in [2.45, 2.75) is 25.3 Å². The van der Waals surface area contributed by atoms with Crippen LogP contribution in [0.5, 0.6) is 5.75 Å². The normalized spacial score (nSPS) is 12.2. The number of ether oxygens (including phenoxy) is 1. The second kappa shape index (κ2) is 7.38. The SMILES string of the molecule is COc1ccc2[nH]cc([C@H](N)CCCCN)c2c1.Cl. The Bertz CT molecular complexity index is 512. The smallest absolute Gasteiger partial charge is 0.119 e. The Morgan fingerprint density at radius 1 is 1.32 bits per heavy atom. The molecule has 0 bridgehead atoms. The third-order valence-electron chi connectivity index (χ3n) is 3.29. The number of hydrogen-bond donors (Lipinski definition) is 3.